The number of thiazole rings is 1. The quantitative estimate of drug-likeness (QED) is 0.890. The number of nitrogens with two attached hydrogens (primary N) is 1. The van der Waals surface area contributed by atoms with Gasteiger partial charge in [-0.3, -0.25) is 10.1 Å². The minimum absolute atomic E-state index is 0.137. The Morgan fingerprint density at radius 2 is 2.39 bits per heavy atom. The molecule has 18 heavy (non-hydrogen) atoms. The van der Waals surface area contributed by atoms with Crippen molar-refractivity contribution in [2.24, 2.45) is 5.73 Å². The van der Waals surface area contributed by atoms with Crippen molar-refractivity contribution in [1.82, 2.24) is 4.98 Å². The van der Waals surface area contributed by atoms with Crippen molar-refractivity contribution in [3.8, 4) is 0 Å². The molecule has 0 aliphatic rings. The summed E-state index contributed by atoms with van der Waals surface area (Å²) >= 11 is 1.35. The van der Waals surface area contributed by atoms with Crippen LogP contribution < -0.4 is 11.1 Å². The largest absolute Gasteiger partial charge is 0.456 e. The maximum absolute atomic E-state index is 11.9. The molecule has 0 saturated heterocycles. The summed E-state index contributed by atoms with van der Waals surface area (Å²) in [7, 11) is 0. The number of hydrogen-bond donors (Lipinski definition) is 2. The number of furan rings is 1. The lowest BCUT2D eigenvalue weighted by Gasteiger charge is -1.99. The third-order valence-electron chi connectivity index (χ3n) is 2.44. The highest BCUT2D eigenvalue weighted by molar-refractivity contribution is 7.14. The molecule has 0 aromatic carbocycles. The van der Waals surface area contributed by atoms with Crippen LogP contribution in [0.3, 0.4) is 0 Å². The zero-order chi connectivity index (χ0) is 13.1. The van der Waals surface area contributed by atoms with Crippen LogP contribution in [0, 0.1) is 0 Å². The summed E-state index contributed by atoms with van der Waals surface area (Å²) in [5.41, 5.74) is 6.47. The first kappa shape index (κ1) is 12.8. The third-order valence-corrected chi connectivity index (χ3v) is 3.22. The van der Waals surface area contributed by atoms with E-state index in [9.17, 15) is 4.79 Å². The van der Waals surface area contributed by atoms with E-state index in [-0.39, 0.29) is 11.9 Å². The predicted molar refractivity (Wildman–Crippen MR) is 70.8 cm³/mol. The lowest BCUT2D eigenvalue weighted by Crippen LogP contribution is -2.11. The number of hydrogen-bond acceptors (Lipinski definition) is 5. The minimum Gasteiger partial charge on any atom is -0.456 e. The molecule has 1 atom stereocenters. The fourth-order valence-corrected chi connectivity index (χ4v) is 2.21. The molecule has 3 N–H and O–H groups in total. The highest BCUT2D eigenvalue weighted by Gasteiger charge is 2.13. The van der Waals surface area contributed by atoms with E-state index in [1.54, 1.807) is 12.1 Å². The summed E-state index contributed by atoms with van der Waals surface area (Å²) in [6.45, 7) is 3.82. The molecule has 0 saturated carbocycles. The van der Waals surface area contributed by atoms with E-state index >= 15 is 0 Å². The van der Waals surface area contributed by atoms with Gasteiger partial charge in [-0.2, -0.15) is 0 Å². The highest BCUT2D eigenvalue weighted by atomic mass is 32.1. The van der Waals surface area contributed by atoms with Crippen LogP contribution in [-0.4, -0.2) is 10.9 Å². The van der Waals surface area contributed by atoms with Crippen LogP contribution >= 0.6 is 11.3 Å². The molecule has 6 heteroatoms. The topological polar surface area (TPSA) is 81.2 Å². The molecule has 96 valence electrons. The summed E-state index contributed by atoms with van der Waals surface area (Å²) in [4.78, 5) is 16.1. The number of amides is 1. The molecule has 0 aliphatic carbocycles. The Morgan fingerprint density at radius 1 is 1.61 bits per heavy atom. The van der Waals surface area contributed by atoms with Crippen molar-refractivity contribution in [1.29, 1.82) is 0 Å². The Bertz CT molecular complexity index is 545. The first-order valence-corrected chi connectivity index (χ1v) is 6.59. The number of rotatable bonds is 4. The standard InChI is InChI=1S/C12H15N3O2S/c1-3-8-4-5-10(17-8)11(16)15-12-14-9(6-18-12)7(2)13/h4-7H,3,13H2,1-2H3,(H,14,15,16). The number of aromatic nitrogens is 1. The fraction of sp³-hybridized carbons (Fsp3) is 0.333. The minimum atomic E-state index is -0.291. The predicted octanol–water partition coefficient (Wildman–Crippen LogP) is 2.57. The second-order valence-corrected chi connectivity index (χ2v) is 4.80. The van der Waals surface area contributed by atoms with E-state index in [0.29, 0.717) is 10.9 Å². The number of nitrogens with zero attached hydrogens (tertiary/aromatic N) is 1. The Hall–Kier alpha value is -1.66. The lowest BCUT2D eigenvalue weighted by atomic mass is 10.3. The van der Waals surface area contributed by atoms with E-state index < -0.39 is 0 Å². The molecule has 0 aliphatic heterocycles. The van der Waals surface area contributed by atoms with Gasteiger partial charge in [-0.15, -0.1) is 11.3 Å². The van der Waals surface area contributed by atoms with Crippen LogP contribution in [0.4, 0.5) is 5.13 Å². The monoisotopic (exact) mass is 265 g/mol. The Morgan fingerprint density at radius 3 is 2.94 bits per heavy atom. The molecule has 1 unspecified atom stereocenters. The third kappa shape index (κ3) is 2.77. The van der Waals surface area contributed by atoms with Gasteiger partial charge < -0.3 is 10.2 Å². The molecule has 0 radical (unpaired) electrons. The maximum atomic E-state index is 11.9. The zero-order valence-electron chi connectivity index (χ0n) is 10.3. The second kappa shape index (κ2) is 5.32. The average Bonchev–Trinajstić information content (AvgIpc) is 2.96. The molecule has 2 rings (SSSR count). The molecule has 2 aromatic heterocycles. The van der Waals surface area contributed by atoms with Crippen molar-refractivity contribution in [2.45, 2.75) is 26.3 Å². The van der Waals surface area contributed by atoms with Gasteiger partial charge in [-0.1, -0.05) is 6.92 Å². The van der Waals surface area contributed by atoms with Crippen LogP contribution in [0.2, 0.25) is 0 Å². The van der Waals surface area contributed by atoms with E-state index in [0.717, 1.165) is 17.9 Å². The maximum Gasteiger partial charge on any atom is 0.293 e. The van der Waals surface area contributed by atoms with Gasteiger partial charge in [0.15, 0.2) is 10.9 Å². The summed E-state index contributed by atoms with van der Waals surface area (Å²) in [6, 6.07) is 3.32. The van der Waals surface area contributed by atoms with Crippen molar-refractivity contribution in [3.05, 3.63) is 34.7 Å². The summed E-state index contributed by atoms with van der Waals surface area (Å²) in [5, 5.41) is 5.05. The second-order valence-electron chi connectivity index (χ2n) is 3.94. The normalized spacial score (nSPS) is 12.4. The summed E-state index contributed by atoms with van der Waals surface area (Å²) in [5.74, 6) is 0.792. The Balaban J connectivity index is 2.06. The molecule has 0 bridgehead atoms. The fourth-order valence-electron chi connectivity index (χ4n) is 1.40. The SMILES string of the molecule is CCc1ccc(C(=O)Nc2nc(C(C)N)cs2)o1. The van der Waals surface area contributed by atoms with Gasteiger partial charge in [0.2, 0.25) is 0 Å². The van der Waals surface area contributed by atoms with Crippen LogP contribution in [-0.2, 0) is 6.42 Å². The number of carbonyl (C=O) groups is 1. The molecule has 2 heterocycles. The molecule has 0 spiro atoms. The molecule has 1 amide bonds. The first-order valence-electron chi connectivity index (χ1n) is 5.71. The van der Waals surface area contributed by atoms with Gasteiger partial charge >= 0.3 is 0 Å². The number of carbonyl (C=O) groups excluding carboxylic acids is 1. The Labute approximate surface area is 109 Å². The zero-order valence-corrected chi connectivity index (χ0v) is 11.1. The van der Waals surface area contributed by atoms with E-state index in [4.69, 9.17) is 10.2 Å². The van der Waals surface area contributed by atoms with Crippen LogP contribution in [0.5, 0.6) is 0 Å². The van der Waals surface area contributed by atoms with Gasteiger partial charge in [0.1, 0.15) is 5.76 Å². The molecular formula is C12H15N3O2S. The lowest BCUT2D eigenvalue weighted by molar-refractivity contribution is 0.0995. The van der Waals surface area contributed by atoms with Crippen molar-refractivity contribution in [3.63, 3.8) is 0 Å². The first-order chi connectivity index (χ1) is 8.60. The molecule has 5 nitrogen and oxygen atoms in total. The smallest absolute Gasteiger partial charge is 0.293 e. The highest BCUT2D eigenvalue weighted by Crippen LogP contribution is 2.20. The van der Waals surface area contributed by atoms with Gasteiger partial charge in [-0.25, -0.2) is 4.98 Å². The van der Waals surface area contributed by atoms with Gasteiger partial charge in [0.05, 0.1) is 5.69 Å². The van der Waals surface area contributed by atoms with E-state index in [1.165, 1.54) is 11.3 Å². The van der Waals surface area contributed by atoms with Crippen LogP contribution in [0.1, 0.15) is 41.9 Å². The molecular weight excluding hydrogens is 250 g/mol. The van der Waals surface area contributed by atoms with Crippen LogP contribution in [0.15, 0.2) is 21.9 Å². The van der Waals surface area contributed by atoms with E-state index in [2.05, 4.69) is 10.3 Å². The van der Waals surface area contributed by atoms with Crippen molar-refractivity contribution >= 4 is 22.4 Å². The molecule has 0 fully saturated rings. The van der Waals surface area contributed by atoms with Crippen LogP contribution in [0.25, 0.3) is 0 Å². The molecule has 2 aromatic rings. The average molecular weight is 265 g/mol. The van der Waals surface area contributed by atoms with Crippen molar-refractivity contribution < 1.29 is 9.21 Å². The van der Waals surface area contributed by atoms with E-state index in [1.807, 2.05) is 19.2 Å². The van der Waals surface area contributed by atoms with Gasteiger partial charge in [0, 0.05) is 17.8 Å². The summed E-state index contributed by atoms with van der Waals surface area (Å²) < 4.78 is 5.36. The van der Waals surface area contributed by atoms with Crippen molar-refractivity contribution in [2.75, 3.05) is 5.32 Å². The van der Waals surface area contributed by atoms with Gasteiger partial charge in [-0.05, 0) is 19.1 Å². The van der Waals surface area contributed by atoms with Gasteiger partial charge in [0.25, 0.3) is 5.91 Å². The number of nitrogens with one attached hydrogen (secondary N) is 1. The number of anilines is 1. The summed E-state index contributed by atoms with van der Waals surface area (Å²) in [6.07, 6.45) is 0.763. The Kier molecular flexibility index (Phi) is 3.78. The number of aryl methyl sites for hydroxylation is 1.